The number of hydrogen-bond acceptors (Lipinski definition) is 5. The number of ether oxygens (including phenoxy) is 2. The van der Waals surface area contributed by atoms with E-state index in [-0.39, 0.29) is 6.04 Å². The van der Waals surface area contributed by atoms with Crippen LogP contribution >= 0.6 is 31.9 Å². The van der Waals surface area contributed by atoms with Crippen LogP contribution < -0.4 is 14.8 Å². The van der Waals surface area contributed by atoms with Gasteiger partial charge >= 0.3 is 0 Å². The molecule has 0 amide bonds. The van der Waals surface area contributed by atoms with E-state index in [4.69, 9.17) is 9.47 Å². The molecule has 0 spiro atoms. The second kappa shape index (κ2) is 9.56. The van der Waals surface area contributed by atoms with Gasteiger partial charge in [-0.15, -0.1) is 0 Å². The molecule has 0 aliphatic carbocycles. The van der Waals surface area contributed by atoms with Gasteiger partial charge in [0.2, 0.25) is 0 Å². The normalized spacial score (nSPS) is 12.0. The topological polar surface area (TPSA) is 56.3 Å². The molecule has 7 heteroatoms. The maximum absolute atomic E-state index is 5.88. The molecular formula is C21H23Br2N3O2. The number of methoxy groups -OCH3 is 1. The van der Waals surface area contributed by atoms with E-state index >= 15 is 0 Å². The summed E-state index contributed by atoms with van der Waals surface area (Å²) < 4.78 is 12.5. The predicted molar refractivity (Wildman–Crippen MR) is 121 cm³/mol. The third kappa shape index (κ3) is 4.94. The largest absolute Gasteiger partial charge is 0.493 e. The van der Waals surface area contributed by atoms with Crippen molar-refractivity contribution in [2.45, 2.75) is 26.3 Å². The number of hydrogen-bond donors (Lipinski definition) is 1. The Morgan fingerprint density at radius 3 is 2.68 bits per heavy atom. The molecule has 0 saturated carbocycles. The summed E-state index contributed by atoms with van der Waals surface area (Å²) in [7, 11) is 1.64. The van der Waals surface area contributed by atoms with Crippen LogP contribution in [-0.2, 0) is 0 Å². The van der Waals surface area contributed by atoms with Gasteiger partial charge in [-0.1, -0.05) is 44.0 Å². The van der Waals surface area contributed by atoms with Crippen molar-refractivity contribution in [3.05, 3.63) is 52.3 Å². The van der Waals surface area contributed by atoms with Crippen molar-refractivity contribution in [2.75, 3.05) is 24.4 Å². The van der Waals surface area contributed by atoms with E-state index in [2.05, 4.69) is 66.2 Å². The Kier molecular flexibility index (Phi) is 7.13. The second-order valence-electron chi connectivity index (χ2n) is 6.45. The minimum absolute atomic E-state index is 0.0795. The van der Waals surface area contributed by atoms with Crippen LogP contribution in [0, 0.1) is 6.92 Å². The van der Waals surface area contributed by atoms with Crippen LogP contribution in [0.5, 0.6) is 11.5 Å². The highest BCUT2D eigenvalue weighted by Gasteiger charge is 2.15. The lowest BCUT2D eigenvalue weighted by molar-refractivity contribution is 0.296. The van der Waals surface area contributed by atoms with Gasteiger partial charge in [-0.25, -0.2) is 9.97 Å². The van der Waals surface area contributed by atoms with Crippen molar-refractivity contribution in [3.8, 4) is 11.5 Å². The van der Waals surface area contributed by atoms with Crippen LogP contribution in [0.3, 0.4) is 0 Å². The number of benzene rings is 2. The number of anilines is 1. The number of halogens is 2. The zero-order chi connectivity index (χ0) is 20.1. The standard InChI is InChI=1S/C21H23Br2N3O2/c1-13(15-6-4-7-16(23)10-15)24-21-17-11-19(27-3)20(28-9-5-8-22)12-18(17)25-14(2)26-21/h4,6-7,10-13H,5,8-9H2,1-3H3,(H,24,25,26)/t13-/m1/s1. The Balaban J connectivity index is 1.97. The lowest BCUT2D eigenvalue weighted by Crippen LogP contribution is -2.10. The van der Waals surface area contributed by atoms with Gasteiger partial charge in [0, 0.05) is 21.3 Å². The molecule has 5 nitrogen and oxygen atoms in total. The first-order chi connectivity index (χ1) is 13.5. The van der Waals surface area contributed by atoms with E-state index in [1.807, 2.05) is 31.2 Å². The van der Waals surface area contributed by atoms with E-state index < -0.39 is 0 Å². The molecule has 0 radical (unpaired) electrons. The fourth-order valence-corrected chi connectivity index (χ4v) is 3.58. The molecule has 1 aromatic heterocycles. The fraction of sp³-hybridized carbons (Fsp3) is 0.333. The summed E-state index contributed by atoms with van der Waals surface area (Å²) >= 11 is 6.95. The Morgan fingerprint density at radius 1 is 1.14 bits per heavy atom. The number of aromatic nitrogens is 2. The molecule has 0 aliphatic rings. The van der Waals surface area contributed by atoms with Gasteiger partial charge in [-0.05, 0) is 44.0 Å². The van der Waals surface area contributed by atoms with Gasteiger partial charge in [0.25, 0.3) is 0 Å². The van der Waals surface area contributed by atoms with Crippen LogP contribution in [0.1, 0.15) is 30.8 Å². The fourth-order valence-electron chi connectivity index (χ4n) is 2.94. The molecule has 3 rings (SSSR count). The molecular weight excluding hydrogens is 486 g/mol. The lowest BCUT2D eigenvalue weighted by atomic mass is 10.1. The Labute approximate surface area is 182 Å². The van der Waals surface area contributed by atoms with E-state index in [0.29, 0.717) is 23.9 Å². The first-order valence-corrected chi connectivity index (χ1v) is 11.0. The quantitative estimate of drug-likeness (QED) is 0.296. The Morgan fingerprint density at radius 2 is 1.96 bits per heavy atom. The zero-order valence-electron chi connectivity index (χ0n) is 16.1. The van der Waals surface area contributed by atoms with Crippen LogP contribution in [0.4, 0.5) is 5.82 Å². The Bertz CT molecular complexity index is 966. The third-order valence-corrected chi connectivity index (χ3v) is 5.38. The minimum atomic E-state index is 0.0795. The zero-order valence-corrected chi connectivity index (χ0v) is 19.3. The highest BCUT2D eigenvalue weighted by molar-refractivity contribution is 9.10. The van der Waals surface area contributed by atoms with Crippen LogP contribution in [0.15, 0.2) is 40.9 Å². The number of fused-ring (bicyclic) bond motifs is 1. The summed E-state index contributed by atoms with van der Waals surface area (Å²) in [5.41, 5.74) is 1.99. The third-order valence-electron chi connectivity index (χ3n) is 4.33. The number of nitrogens with one attached hydrogen (secondary N) is 1. The molecule has 0 fully saturated rings. The smallest absolute Gasteiger partial charge is 0.163 e. The van der Waals surface area contributed by atoms with E-state index in [0.717, 1.165) is 32.9 Å². The Hall–Kier alpha value is -1.86. The summed E-state index contributed by atoms with van der Waals surface area (Å²) in [6.07, 6.45) is 0.918. The van der Waals surface area contributed by atoms with Gasteiger partial charge in [-0.2, -0.15) is 0 Å². The maximum Gasteiger partial charge on any atom is 0.163 e. The summed E-state index contributed by atoms with van der Waals surface area (Å²) in [4.78, 5) is 9.22. The van der Waals surface area contributed by atoms with Crippen molar-refractivity contribution >= 4 is 48.6 Å². The van der Waals surface area contributed by atoms with Crippen LogP contribution in [0.25, 0.3) is 10.9 Å². The first kappa shape index (κ1) is 20.9. The number of nitrogens with zero attached hydrogens (tertiary/aromatic N) is 2. The van der Waals surface area contributed by atoms with Gasteiger partial charge in [0.05, 0.1) is 25.3 Å². The van der Waals surface area contributed by atoms with Gasteiger partial charge in [0.1, 0.15) is 11.6 Å². The summed E-state index contributed by atoms with van der Waals surface area (Å²) in [5, 5.41) is 5.31. The van der Waals surface area contributed by atoms with Gasteiger partial charge < -0.3 is 14.8 Å². The predicted octanol–water partition coefficient (Wildman–Crippen LogP) is 6.05. The van der Waals surface area contributed by atoms with Crippen molar-refractivity contribution in [1.29, 1.82) is 0 Å². The maximum atomic E-state index is 5.88. The molecule has 2 aromatic carbocycles. The SMILES string of the molecule is COc1cc2c(N[C@H](C)c3cccc(Br)c3)nc(C)nc2cc1OCCCBr. The molecule has 3 aromatic rings. The van der Waals surface area contributed by atoms with Gasteiger partial charge in [0.15, 0.2) is 11.5 Å². The molecule has 148 valence electrons. The monoisotopic (exact) mass is 507 g/mol. The molecule has 28 heavy (non-hydrogen) atoms. The van der Waals surface area contributed by atoms with Crippen LogP contribution in [0.2, 0.25) is 0 Å². The minimum Gasteiger partial charge on any atom is -0.493 e. The van der Waals surface area contributed by atoms with E-state index in [9.17, 15) is 0 Å². The van der Waals surface area contributed by atoms with Gasteiger partial charge in [-0.3, -0.25) is 0 Å². The molecule has 0 saturated heterocycles. The van der Waals surface area contributed by atoms with Crippen molar-refractivity contribution < 1.29 is 9.47 Å². The molecule has 0 aliphatic heterocycles. The molecule has 0 unspecified atom stereocenters. The average molecular weight is 509 g/mol. The van der Waals surface area contributed by atoms with E-state index in [1.54, 1.807) is 7.11 Å². The summed E-state index contributed by atoms with van der Waals surface area (Å²) in [6, 6.07) is 12.2. The van der Waals surface area contributed by atoms with Crippen molar-refractivity contribution in [3.63, 3.8) is 0 Å². The molecule has 1 heterocycles. The van der Waals surface area contributed by atoms with Crippen molar-refractivity contribution in [1.82, 2.24) is 9.97 Å². The number of aryl methyl sites for hydroxylation is 1. The number of rotatable bonds is 8. The molecule has 1 N–H and O–H groups in total. The molecule has 1 atom stereocenters. The highest BCUT2D eigenvalue weighted by Crippen LogP contribution is 2.35. The van der Waals surface area contributed by atoms with E-state index in [1.165, 1.54) is 5.56 Å². The van der Waals surface area contributed by atoms with Crippen LogP contribution in [-0.4, -0.2) is 29.0 Å². The second-order valence-corrected chi connectivity index (χ2v) is 8.16. The first-order valence-electron chi connectivity index (χ1n) is 9.09. The number of alkyl halides is 1. The average Bonchev–Trinajstić information content (AvgIpc) is 2.67. The molecule has 0 bridgehead atoms. The summed E-state index contributed by atoms with van der Waals surface area (Å²) in [6.45, 7) is 4.62. The lowest BCUT2D eigenvalue weighted by Gasteiger charge is -2.18. The summed E-state index contributed by atoms with van der Waals surface area (Å²) in [5.74, 6) is 2.85. The van der Waals surface area contributed by atoms with Crippen molar-refractivity contribution in [2.24, 2.45) is 0 Å². The highest BCUT2D eigenvalue weighted by atomic mass is 79.9.